The summed E-state index contributed by atoms with van der Waals surface area (Å²) in [6, 6.07) is 15.4. The topological polar surface area (TPSA) is 60.2 Å². The van der Waals surface area contributed by atoms with Crippen molar-refractivity contribution in [2.45, 2.75) is 11.3 Å². The van der Waals surface area contributed by atoms with Crippen LogP contribution < -0.4 is 0 Å². The van der Waals surface area contributed by atoms with Crippen molar-refractivity contribution in [2.24, 2.45) is 0 Å². The average molecular weight is 273 g/mol. The molecule has 0 radical (unpaired) electrons. The van der Waals surface area contributed by atoms with E-state index in [9.17, 15) is 14.9 Å². The maximum absolute atomic E-state index is 11.8. The highest BCUT2D eigenvalue weighted by atomic mass is 32.2. The Kier molecular flexibility index (Phi) is 4.30. The van der Waals surface area contributed by atoms with Crippen LogP contribution in [0, 0.1) is 10.1 Å². The molecule has 0 unspecified atom stereocenters. The summed E-state index contributed by atoms with van der Waals surface area (Å²) >= 11 is 1.18. The minimum atomic E-state index is -0.454. The van der Waals surface area contributed by atoms with E-state index < -0.39 is 4.92 Å². The average Bonchev–Trinajstić information content (AvgIpc) is 2.40. The number of non-ortho nitro benzene ring substituents is 1. The number of hydrogen-bond donors (Lipinski definition) is 0. The highest BCUT2D eigenvalue weighted by Crippen LogP contribution is 2.21. The fourth-order valence-corrected chi connectivity index (χ4v) is 2.35. The molecule has 96 valence electrons. The summed E-state index contributed by atoms with van der Waals surface area (Å²) in [6.07, 6.45) is 0.261. The Bertz CT molecular complexity index is 581. The van der Waals surface area contributed by atoms with Crippen LogP contribution in [0.25, 0.3) is 0 Å². The van der Waals surface area contributed by atoms with Gasteiger partial charge in [0, 0.05) is 23.4 Å². The van der Waals surface area contributed by atoms with Crippen LogP contribution in [0.15, 0.2) is 59.5 Å². The summed E-state index contributed by atoms with van der Waals surface area (Å²) in [4.78, 5) is 22.8. The highest BCUT2D eigenvalue weighted by Gasteiger charge is 2.08. The summed E-state index contributed by atoms with van der Waals surface area (Å²) in [5.41, 5.74) is 0.811. The number of carbonyl (C=O) groups excluding carboxylic acids is 1. The zero-order valence-corrected chi connectivity index (χ0v) is 10.8. The fraction of sp³-hybridized carbons (Fsp3) is 0.0714. The number of benzene rings is 2. The zero-order chi connectivity index (χ0) is 13.7. The first-order chi connectivity index (χ1) is 9.15. The lowest BCUT2D eigenvalue weighted by atomic mass is 10.1. The predicted molar refractivity (Wildman–Crippen MR) is 74.1 cm³/mol. The highest BCUT2D eigenvalue weighted by molar-refractivity contribution is 8.13. The molecule has 0 heterocycles. The molecular formula is C14H11NO3S. The Hall–Kier alpha value is -2.14. The van der Waals surface area contributed by atoms with E-state index in [1.807, 2.05) is 30.3 Å². The van der Waals surface area contributed by atoms with Crippen molar-refractivity contribution in [3.05, 3.63) is 70.3 Å². The molecular weight excluding hydrogens is 262 g/mol. The molecule has 2 rings (SSSR count). The first-order valence-corrected chi connectivity index (χ1v) is 6.46. The van der Waals surface area contributed by atoms with Crippen molar-refractivity contribution in [1.29, 1.82) is 0 Å². The lowest BCUT2D eigenvalue weighted by molar-refractivity contribution is -0.384. The minimum absolute atomic E-state index is 0.0139. The molecule has 0 saturated heterocycles. The van der Waals surface area contributed by atoms with Crippen molar-refractivity contribution in [3.63, 3.8) is 0 Å². The quantitative estimate of drug-likeness (QED) is 0.486. The van der Waals surface area contributed by atoms with Gasteiger partial charge in [-0.2, -0.15) is 0 Å². The molecule has 0 bridgehead atoms. The lowest BCUT2D eigenvalue weighted by Gasteiger charge is -2.01. The van der Waals surface area contributed by atoms with E-state index in [2.05, 4.69) is 0 Å². The van der Waals surface area contributed by atoms with Gasteiger partial charge in [0.1, 0.15) is 0 Å². The smallest absolute Gasteiger partial charge is 0.269 e. The summed E-state index contributed by atoms with van der Waals surface area (Å²) in [5, 5.41) is 10.5. The number of rotatable bonds is 4. The fourth-order valence-electron chi connectivity index (χ4n) is 1.56. The molecule has 0 aromatic heterocycles. The van der Waals surface area contributed by atoms with Gasteiger partial charge in [0.2, 0.25) is 0 Å². The minimum Gasteiger partial charge on any atom is -0.286 e. The molecule has 2 aromatic rings. The van der Waals surface area contributed by atoms with Gasteiger partial charge < -0.3 is 0 Å². The van der Waals surface area contributed by atoms with E-state index in [1.165, 1.54) is 23.9 Å². The van der Waals surface area contributed by atoms with E-state index in [-0.39, 0.29) is 17.2 Å². The molecule has 0 aliphatic heterocycles. The Balaban J connectivity index is 1.97. The van der Waals surface area contributed by atoms with Gasteiger partial charge in [-0.1, -0.05) is 42.1 Å². The van der Waals surface area contributed by atoms with Crippen molar-refractivity contribution in [1.82, 2.24) is 0 Å². The second kappa shape index (κ2) is 6.15. The molecule has 19 heavy (non-hydrogen) atoms. The maximum Gasteiger partial charge on any atom is 0.269 e. The second-order valence-electron chi connectivity index (χ2n) is 3.89. The molecule has 2 aromatic carbocycles. The van der Waals surface area contributed by atoms with Gasteiger partial charge in [-0.05, 0) is 17.7 Å². The SMILES string of the molecule is O=C(Cc1ccc([N+](=O)[O-])cc1)Sc1ccccc1. The molecule has 0 atom stereocenters. The van der Waals surface area contributed by atoms with Crippen LogP contribution in [0.2, 0.25) is 0 Å². The Morgan fingerprint density at radius 3 is 2.26 bits per heavy atom. The van der Waals surface area contributed by atoms with Crippen LogP contribution in [-0.4, -0.2) is 10.0 Å². The maximum atomic E-state index is 11.8. The second-order valence-corrected chi connectivity index (χ2v) is 5.02. The number of nitrogens with zero attached hydrogens (tertiary/aromatic N) is 1. The first kappa shape index (κ1) is 13.3. The summed E-state index contributed by atoms with van der Waals surface area (Å²) in [6.45, 7) is 0. The molecule has 0 aliphatic rings. The van der Waals surface area contributed by atoms with E-state index >= 15 is 0 Å². The molecule has 4 nitrogen and oxygen atoms in total. The third-order valence-electron chi connectivity index (χ3n) is 2.47. The number of hydrogen-bond acceptors (Lipinski definition) is 4. The van der Waals surface area contributed by atoms with Crippen molar-refractivity contribution in [2.75, 3.05) is 0 Å². The molecule has 0 spiro atoms. The van der Waals surface area contributed by atoms with Crippen LogP contribution in [0.5, 0.6) is 0 Å². The molecule has 0 saturated carbocycles. The van der Waals surface area contributed by atoms with Gasteiger partial charge in [-0.25, -0.2) is 0 Å². The van der Waals surface area contributed by atoms with Crippen molar-refractivity contribution < 1.29 is 9.72 Å². The number of thioether (sulfide) groups is 1. The normalized spacial score (nSPS) is 10.1. The van der Waals surface area contributed by atoms with Crippen molar-refractivity contribution in [3.8, 4) is 0 Å². The standard InChI is InChI=1S/C14H11NO3S/c16-14(19-13-4-2-1-3-5-13)10-11-6-8-12(9-7-11)15(17)18/h1-9H,10H2. The Labute approximate surface area is 114 Å². The molecule has 0 amide bonds. The number of nitro groups is 1. The van der Waals surface area contributed by atoms with E-state index in [0.29, 0.717) is 0 Å². The summed E-state index contributed by atoms with van der Waals surface area (Å²) < 4.78 is 0. The predicted octanol–water partition coefficient (Wildman–Crippen LogP) is 3.46. The number of nitro benzene ring substituents is 1. The van der Waals surface area contributed by atoms with Crippen LogP contribution >= 0.6 is 11.8 Å². The van der Waals surface area contributed by atoms with Crippen LogP contribution in [0.1, 0.15) is 5.56 Å². The summed E-state index contributed by atoms with van der Waals surface area (Å²) in [7, 11) is 0. The van der Waals surface area contributed by atoms with Gasteiger partial charge in [-0.15, -0.1) is 0 Å². The van der Waals surface area contributed by atoms with Crippen LogP contribution in [0.3, 0.4) is 0 Å². The van der Waals surface area contributed by atoms with Crippen molar-refractivity contribution >= 4 is 22.6 Å². The van der Waals surface area contributed by atoms with Gasteiger partial charge in [0.25, 0.3) is 5.69 Å². The summed E-state index contributed by atoms with van der Waals surface area (Å²) in [5.74, 6) is 0. The van der Waals surface area contributed by atoms with E-state index in [1.54, 1.807) is 12.1 Å². The zero-order valence-electron chi connectivity index (χ0n) is 9.98. The lowest BCUT2D eigenvalue weighted by Crippen LogP contribution is -1.97. The number of carbonyl (C=O) groups is 1. The Morgan fingerprint density at radius 2 is 1.68 bits per heavy atom. The first-order valence-electron chi connectivity index (χ1n) is 5.64. The van der Waals surface area contributed by atoms with Gasteiger partial charge in [0.15, 0.2) is 5.12 Å². The van der Waals surface area contributed by atoms with Gasteiger partial charge in [0.05, 0.1) is 4.92 Å². The molecule has 0 aliphatic carbocycles. The van der Waals surface area contributed by atoms with E-state index in [4.69, 9.17) is 0 Å². The van der Waals surface area contributed by atoms with Gasteiger partial charge in [-0.3, -0.25) is 14.9 Å². The molecule has 0 N–H and O–H groups in total. The molecule has 5 heteroatoms. The third-order valence-corrected chi connectivity index (χ3v) is 3.35. The monoisotopic (exact) mass is 273 g/mol. The largest absolute Gasteiger partial charge is 0.286 e. The third kappa shape index (κ3) is 3.93. The van der Waals surface area contributed by atoms with E-state index in [0.717, 1.165) is 10.5 Å². The van der Waals surface area contributed by atoms with Crippen LogP contribution in [0.4, 0.5) is 5.69 Å². The Morgan fingerprint density at radius 1 is 1.05 bits per heavy atom. The van der Waals surface area contributed by atoms with Crippen LogP contribution in [-0.2, 0) is 11.2 Å². The van der Waals surface area contributed by atoms with Gasteiger partial charge >= 0.3 is 0 Å². The molecule has 0 fully saturated rings.